The predicted octanol–water partition coefficient (Wildman–Crippen LogP) is 4.44. The minimum atomic E-state index is 0.738. The third kappa shape index (κ3) is 3.58. The first kappa shape index (κ1) is 16.3. The molecule has 1 aliphatic heterocycles. The van der Waals surface area contributed by atoms with Crippen LogP contribution in [-0.4, -0.2) is 32.9 Å². The minimum absolute atomic E-state index is 0.738. The van der Waals surface area contributed by atoms with Crippen molar-refractivity contribution in [3.8, 4) is 0 Å². The fourth-order valence-electron chi connectivity index (χ4n) is 3.14. The molecule has 4 rings (SSSR count). The number of anilines is 1. The predicted molar refractivity (Wildman–Crippen MR) is 105 cm³/mol. The molecule has 25 heavy (non-hydrogen) atoms. The first-order chi connectivity index (χ1) is 12.3. The summed E-state index contributed by atoms with van der Waals surface area (Å²) in [6, 6.07) is 12.1. The van der Waals surface area contributed by atoms with Gasteiger partial charge in [0, 0.05) is 17.6 Å². The molecule has 5 nitrogen and oxygen atoms in total. The molecule has 1 fully saturated rings. The zero-order chi connectivity index (χ0) is 17.1. The first-order valence-electron chi connectivity index (χ1n) is 8.71. The molecular formula is C19H20BrN5. The molecule has 1 aliphatic rings. The van der Waals surface area contributed by atoms with Gasteiger partial charge in [-0.1, -0.05) is 53.0 Å². The summed E-state index contributed by atoms with van der Waals surface area (Å²) in [5.74, 6) is 1.74. The quantitative estimate of drug-likeness (QED) is 0.655. The highest BCUT2D eigenvalue weighted by Gasteiger charge is 2.13. The van der Waals surface area contributed by atoms with Crippen LogP contribution in [0.4, 0.5) is 5.82 Å². The summed E-state index contributed by atoms with van der Waals surface area (Å²) in [5.41, 5.74) is 1.87. The van der Waals surface area contributed by atoms with Crippen molar-refractivity contribution in [1.82, 2.24) is 19.8 Å². The second kappa shape index (κ2) is 7.35. The maximum atomic E-state index is 4.79. The Morgan fingerprint density at radius 3 is 2.48 bits per heavy atom. The topological polar surface area (TPSA) is 46.3 Å². The Bertz CT molecular complexity index is 894. The largest absolute Gasteiger partial charge is 0.355 e. The average Bonchev–Trinajstić information content (AvgIpc) is 2.85. The van der Waals surface area contributed by atoms with Gasteiger partial charge in [0.1, 0.15) is 5.82 Å². The van der Waals surface area contributed by atoms with Gasteiger partial charge in [0.25, 0.3) is 0 Å². The van der Waals surface area contributed by atoms with Crippen molar-refractivity contribution < 1.29 is 0 Å². The molecule has 6 heteroatoms. The lowest BCUT2D eigenvalue weighted by molar-refractivity contribution is 0.726. The van der Waals surface area contributed by atoms with Gasteiger partial charge in [-0.15, -0.1) is 15.3 Å². The number of halogens is 1. The molecule has 0 N–H and O–H groups in total. The molecule has 3 heterocycles. The molecule has 0 aliphatic carbocycles. The van der Waals surface area contributed by atoms with Crippen molar-refractivity contribution in [3.05, 3.63) is 52.3 Å². The Kier molecular flexibility index (Phi) is 4.78. The van der Waals surface area contributed by atoms with Gasteiger partial charge in [-0.2, -0.15) is 4.52 Å². The van der Waals surface area contributed by atoms with Crippen LogP contribution in [0.3, 0.4) is 0 Å². The van der Waals surface area contributed by atoms with Gasteiger partial charge in [-0.25, -0.2) is 0 Å². The molecule has 1 aromatic carbocycles. The standard InChI is InChI=1S/C19H20BrN5/c20-16-8-4-3-7-15(16)9-10-17-21-22-18-11-12-19(23-25(17)18)24-13-5-1-2-6-14-24/h3-4,7-12H,1-2,5-6,13-14H2/b10-9+. The highest BCUT2D eigenvalue weighted by Crippen LogP contribution is 2.20. The van der Waals surface area contributed by atoms with Crippen molar-refractivity contribution >= 4 is 39.5 Å². The summed E-state index contributed by atoms with van der Waals surface area (Å²) < 4.78 is 2.88. The van der Waals surface area contributed by atoms with Crippen molar-refractivity contribution in [3.63, 3.8) is 0 Å². The number of benzene rings is 1. The molecule has 0 radical (unpaired) electrons. The van der Waals surface area contributed by atoms with Crippen molar-refractivity contribution in [1.29, 1.82) is 0 Å². The van der Waals surface area contributed by atoms with Crippen LogP contribution < -0.4 is 4.90 Å². The van der Waals surface area contributed by atoms with E-state index in [0.29, 0.717) is 0 Å². The van der Waals surface area contributed by atoms with Crippen molar-refractivity contribution in [2.24, 2.45) is 0 Å². The Balaban J connectivity index is 1.65. The second-order valence-electron chi connectivity index (χ2n) is 6.28. The van der Waals surface area contributed by atoms with Gasteiger partial charge in [-0.05, 0) is 42.7 Å². The number of hydrogen-bond donors (Lipinski definition) is 0. The van der Waals surface area contributed by atoms with E-state index in [9.17, 15) is 0 Å². The van der Waals surface area contributed by atoms with Crippen LogP contribution in [0.1, 0.15) is 37.1 Å². The minimum Gasteiger partial charge on any atom is -0.355 e. The SMILES string of the molecule is Brc1ccccc1/C=C/c1nnc2ccc(N3CCCCCC3)nn12. The summed E-state index contributed by atoms with van der Waals surface area (Å²) in [5, 5.41) is 13.3. The molecule has 0 unspecified atom stereocenters. The summed E-state index contributed by atoms with van der Waals surface area (Å²) in [4.78, 5) is 2.37. The van der Waals surface area contributed by atoms with E-state index in [-0.39, 0.29) is 0 Å². The smallest absolute Gasteiger partial charge is 0.178 e. The number of fused-ring (bicyclic) bond motifs is 1. The van der Waals surface area contributed by atoms with Gasteiger partial charge in [-0.3, -0.25) is 0 Å². The van der Waals surface area contributed by atoms with Crippen LogP contribution in [0.15, 0.2) is 40.9 Å². The fraction of sp³-hybridized carbons (Fsp3) is 0.316. The first-order valence-corrected chi connectivity index (χ1v) is 9.50. The van der Waals surface area contributed by atoms with E-state index >= 15 is 0 Å². The van der Waals surface area contributed by atoms with Crippen LogP contribution in [0.25, 0.3) is 17.8 Å². The summed E-state index contributed by atoms with van der Waals surface area (Å²) in [7, 11) is 0. The maximum Gasteiger partial charge on any atom is 0.178 e. The van der Waals surface area contributed by atoms with Gasteiger partial charge >= 0.3 is 0 Å². The lowest BCUT2D eigenvalue weighted by atomic mass is 10.2. The molecule has 0 atom stereocenters. The average molecular weight is 398 g/mol. The van der Waals surface area contributed by atoms with Crippen LogP contribution in [0.2, 0.25) is 0 Å². The maximum absolute atomic E-state index is 4.79. The Hall–Kier alpha value is -2.21. The van der Waals surface area contributed by atoms with Crippen molar-refractivity contribution in [2.75, 3.05) is 18.0 Å². The van der Waals surface area contributed by atoms with E-state index in [1.807, 2.05) is 40.9 Å². The van der Waals surface area contributed by atoms with E-state index in [1.165, 1.54) is 25.7 Å². The van der Waals surface area contributed by atoms with Crippen LogP contribution in [-0.2, 0) is 0 Å². The fourth-order valence-corrected chi connectivity index (χ4v) is 3.56. The summed E-state index contributed by atoms with van der Waals surface area (Å²) >= 11 is 3.57. The Labute approximate surface area is 155 Å². The van der Waals surface area contributed by atoms with Crippen LogP contribution >= 0.6 is 15.9 Å². The molecule has 2 aromatic heterocycles. The number of rotatable bonds is 3. The Morgan fingerprint density at radius 1 is 0.880 bits per heavy atom. The molecule has 0 spiro atoms. The normalized spacial score (nSPS) is 15.8. The molecule has 128 valence electrons. The zero-order valence-corrected chi connectivity index (χ0v) is 15.6. The van der Waals surface area contributed by atoms with Gasteiger partial charge in [0.05, 0.1) is 0 Å². The third-order valence-electron chi connectivity index (χ3n) is 4.52. The van der Waals surface area contributed by atoms with Crippen LogP contribution in [0, 0.1) is 0 Å². The lowest BCUT2D eigenvalue weighted by Crippen LogP contribution is -2.25. The summed E-state index contributed by atoms with van der Waals surface area (Å²) in [6.45, 7) is 2.14. The molecule has 0 bridgehead atoms. The molecule has 0 saturated carbocycles. The second-order valence-corrected chi connectivity index (χ2v) is 7.13. The number of hydrogen-bond acceptors (Lipinski definition) is 4. The molecular weight excluding hydrogens is 378 g/mol. The number of nitrogens with zero attached hydrogens (tertiary/aromatic N) is 5. The molecule has 0 amide bonds. The van der Waals surface area contributed by atoms with E-state index in [4.69, 9.17) is 5.10 Å². The van der Waals surface area contributed by atoms with E-state index < -0.39 is 0 Å². The van der Waals surface area contributed by atoms with Crippen molar-refractivity contribution in [2.45, 2.75) is 25.7 Å². The van der Waals surface area contributed by atoms with Gasteiger partial charge in [0.2, 0.25) is 0 Å². The highest BCUT2D eigenvalue weighted by molar-refractivity contribution is 9.10. The monoisotopic (exact) mass is 397 g/mol. The van der Waals surface area contributed by atoms with E-state index in [2.05, 4.69) is 43.2 Å². The van der Waals surface area contributed by atoms with E-state index in [0.717, 1.165) is 40.4 Å². The molecule has 1 saturated heterocycles. The molecule has 3 aromatic rings. The van der Waals surface area contributed by atoms with Gasteiger partial charge < -0.3 is 4.90 Å². The zero-order valence-electron chi connectivity index (χ0n) is 14.0. The highest BCUT2D eigenvalue weighted by atomic mass is 79.9. The number of aromatic nitrogens is 4. The Morgan fingerprint density at radius 2 is 1.68 bits per heavy atom. The van der Waals surface area contributed by atoms with E-state index in [1.54, 1.807) is 0 Å². The third-order valence-corrected chi connectivity index (χ3v) is 5.24. The van der Waals surface area contributed by atoms with Crippen LogP contribution in [0.5, 0.6) is 0 Å². The summed E-state index contributed by atoms with van der Waals surface area (Å²) in [6.07, 6.45) is 9.07. The van der Waals surface area contributed by atoms with Gasteiger partial charge in [0.15, 0.2) is 11.5 Å². The lowest BCUT2D eigenvalue weighted by Gasteiger charge is -2.20.